The number of β-amino-alcohol motifs (C(OH)–C–C–N with tert-alkyl or cyclic N) is 1. The van der Waals surface area contributed by atoms with Gasteiger partial charge in [-0.25, -0.2) is 19.1 Å². The van der Waals surface area contributed by atoms with Gasteiger partial charge in [-0.3, -0.25) is 47.2 Å². The minimum atomic E-state index is -4.93. The Morgan fingerprint density at radius 3 is 2.07 bits per heavy atom. The van der Waals surface area contributed by atoms with Crippen LogP contribution in [0.5, 0.6) is 17.2 Å². The van der Waals surface area contributed by atoms with Crippen molar-refractivity contribution in [3.8, 4) is 39.1 Å². The number of methoxy groups -OCH3 is 1. The number of hydrogen-bond acceptors (Lipinski definition) is 29. The van der Waals surface area contributed by atoms with Crippen molar-refractivity contribution in [1.29, 1.82) is 0 Å². The summed E-state index contributed by atoms with van der Waals surface area (Å²) in [4.78, 5) is 137. The molecule has 0 bridgehead atoms. The number of imidazole rings is 1. The van der Waals surface area contributed by atoms with Crippen molar-refractivity contribution < 1.29 is 126 Å². The number of carbonyl (C=O) groups excluding carboxylic acids is 9. The smallest absolute Gasteiger partial charge is 0.494 e. The quantitative estimate of drug-likeness (QED) is 0.0129. The van der Waals surface area contributed by atoms with Gasteiger partial charge in [-0.05, 0) is 80.3 Å². The number of ether oxygens (including phenoxy) is 5. The topological polar surface area (TPSA) is 532 Å². The maximum atomic E-state index is 15.3. The van der Waals surface area contributed by atoms with Crippen LogP contribution >= 0.6 is 22.5 Å². The number of nitrogens with one attached hydrogen (secondary N) is 5. The summed E-state index contributed by atoms with van der Waals surface area (Å²) in [5, 5.41) is 108. The molecule has 39 heteroatoms. The highest BCUT2D eigenvalue weighted by atomic mass is 32.3. The summed E-state index contributed by atoms with van der Waals surface area (Å²) in [5.41, 5.74) is 1.65. The highest BCUT2D eigenvalue weighted by Crippen LogP contribution is 2.42. The number of nitrogens with zero attached hydrogens (tertiary/aromatic N) is 6. The van der Waals surface area contributed by atoms with Gasteiger partial charge in [0.15, 0.2) is 11.5 Å². The van der Waals surface area contributed by atoms with Crippen molar-refractivity contribution in [2.24, 2.45) is 5.92 Å². The van der Waals surface area contributed by atoms with E-state index < -0.39 is 226 Å². The molecule has 5 heterocycles. The fraction of sp³-hybridized carbons (Fsp3) is 0.485. The Labute approximate surface area is 618 Å². The molecule has 3 fully saturated rings. The molecule has 8 amide bonds. The van der Waals surface area contributed by atoms with E-state index in [-0.39, 0.29) is 24.3 Å². The van der Waals surface area contributed by atoms with E-state index in [0.29, 0.717) is 40.2 Å². The molecule has 3 aliphatic rings. The lowest BCUT2D eigenvalue weighted by Crippen LogP contribution is -2.64. The third-order valence-electron chi connectivity index (χ3n) is 17.6. The molecular weight excluding hydrogens is 1450 g/mol. The molecule has 107 heavy (non-hydrogen) atoms. The molecule has 3 aliphatic heterocycles. The summed E-state index contributed by atoms with van der Waals surface area (Å²) in [5.74, 6) is -10.4. The Morgan fingerprint density at radius 1 is 0.766 bits per heavy atom. The molecule has 8 rings (SSSR count). The van der Waals surface area contributed by atoms with Crippen molar-refractivity contribution in [3.63, 3.8) is 0 Å². The molecule has 584 valence electrons. The van der Waals surface area contributed by atoms with Crippen LogP contribution in [0.15, 0.2) is 98.2 Å². The predicted molar refractivity (Wildman–Crippen MR) is 379 cm³/mol. The Kier molecular flexibility index (Phi) is 29.8. The summed E-state index contributed by atoms with van der Waals surface area (Å²) in [6, 6.07) is 2.62. The van der Waals surface area contributed by atoms with Gasteiger partial charge < -0.3 is 110 Å². The highest BCUT2D eigenvalue weighted by Gasteiger charge is 2.50. The number of fused-ring (bicyclic) bond motifs is 3. The number of aliphatic hydroxyl groups excluding tert-OH is 8. The molecule has 2 aromatic heterocycles. The minimum absolute atomic E-state index is 0.0394. The monoisotopic (exact) mass is 1540 g/mol. The number of hydrogen-bond donors (Lipinski definition) is 16. The lowest BCUT2D eigenvalue weighted by molar-refractivity contribution is -0.147. The van der Waals surface area contributed by atoms with Crippen LogP contribution in [0, 0.1) is 5.92 Å². The number of aliphatic hydroxyl groups is 8. The number of unbranched alkanes of at least 4 members (excludes halogenated alkanes) is 1. The molecule has 5 aromatic rings. The van der Waals surface area contributed by atoms with Crippen molar-refractivity contribution in [2.45, 2.75) is 131 Å². The first kappa shape index (κ1) is 83.2. The molecule has 0 aliphatic carbocycles. The molecule has 3 saturated heterocycles. The fourth-order valence-corrected chi connectivity index (χ4v) is 13.3. The second-order valence-electron chi connectivity index (χ2n) is 25.6. The number of aromatic nitrogens is 3. The number of benzene rings is 3. The van der Waals surface area contributed by atoms with E-state index in [4.69, 9.17) is 38.0 Å². The van der Waals surface area contributed by atoms with Crippen molar-refractivity contribution in [1.82, 2.24) is 55.9 Å². The maximum Gasteiger partial charge on any atom is 0.514 e. The van der Waals surface area contributed by atoms with Crippen molar-refractivity contribution >= 4 is 81.0 Å². The SMILES string of the molecule is C=CCOC(=O)Oc1ccc(C[C@@H](O)[C@@H]2NC(=O)[C@@H]3C[C@@H](O)CN3C(=O)[C@H]([C@@H](C)O)NC(=O)[C@@H](NC(=O)c3ccc(-c4cn5nc(-c6ccc(OCCCCOC)cc6)sc5n4)cc3)C[C@@H](O)CNC(=O)[C@@H]3[C@@H](O)[C@@H](C)CN3C(=O)[C@H]([C@H](O)CCN(C(=O)OCC=C)C(CO)CO)NC2=O)cc1OS(O)(O)O. The molecule has 0 unspecified atom stereocenters. The Hall–Kier alpha value is -9.46. The van der Waals surface area contributed by atoms with Gasteiger partial charge in [0.1, 0.15) is 60.2 Å². The van der Waals surface area contributed by atoms with E-state index in [0.717, 1.165) is 58.2 Å². The molecule has 37 nitrogen and oxygen atoms in total. The van der Waals surface area contributed by atoms with Gasteiger partial charge in [0.05, 0.1) is 74.4 Å². The molecule has 0 saturated carbocycles. The minimum Gasteiger partial charge on any atom is -0.494 e. The van der Waals surface area contributed by atoms with Crippen LogP contribution < -0.4 is 40.2 Å². The Bertz CT molecular complexity index is 3900. The average Bonchev–Trinajstić information content (AvgIpc) is 1.66. The summed E-state index contributed by atoms with van der Waals surface area (Å²) >= 11 is -3.60. The van der Waals surface area contributed by atoms with E-state index >= 15 is 9.59 Å². The third-order valence-corrected chi connectivity index (χ3v) is 19.0. The van der Waals surface area contributed by atoms with E-state index in [1.54, 1.807) is 30.0 Å². The lowest BCUT2D eigenvalue weighted by Gasteiger charge is -2.35. The number of carbonyl (C=O) groups is 9. The normalized spacial score (nSPS) is 23.1. The standard InChI is InChI=1S/C68H89N11O26S2/c1-6-22-102-67(95)76(42(34-80)35-81)21-20-49(85)55-65(94)78-31-36(3)57(87)56(78)62(92)69-30-43(83)28-46(70-58(88)40-13-11-39(12-14-40)47-33-79-66(71-47)106-63(75-79)41-15-17-45(18-16-41)101-25-9-8-24-100-5)59(89)72-53(37(4)82)64(93)77-32-44(84)29-48(77)60(90)73-54(61(91)74-55)50(86)26-38-10-19-51(104-68(96)103-23-7-2)52(27-38)105-107(97,98)99/h6-7,10-19,27,33,36-37,42-44,46,48-50,53-57,80-87,97-99H,1-2,8-9,20-26,28-32,34-35H2,3-5H3,(H,69,92)(H,70,88)(H,72,89)(H,73,90)(H,74,91)/t36-,37+,43+,44+,46-,48-,49+,50+,53-,54-,55-,56-,57-/m0/s1. The largest absolute Gasteiger partial charge is 0.514 e. The van der Waals surface area contributed by atoms with Gasteiger partial charge in [-0.2, -0.15) is 5.10 Å². The Balaban J connectivity index is 1.12. The second-order valence-corrected chi connectivity index (χ2v) is 27.6. The van der Waals surface area contributed by atoms with Crippen molar-refractivity contribution in [3.05, 3.63) is 109 Å². The zero-order valence-corrected chi connectivity index (χ0v) is 60.1. The second kappa shape index (κ2) is 38.4. The first-order valence-electron chi connectivity index (χ1n) is 33.9. The zero-order chi connectivity index (χ0) is 78.0. The van der Waals surface area contributed by atoms with Gasteiger partial charge in [0, 0.05) is 81.8 Å². The maximum absolute atomic E-state index is 15.3. The average molecular weight is 1540 g/mol. The fourth-order valence-electron chi connectivity index (χ4n) is 12.0. The molecule has 0 radical (unpaired) electrons. The summed E-state index contributed by atoms with van der Waals surface area (Å²) < 4.78 is 62.2. The van der Waals surface area contributed by atoms with Gasteiger partial charge >= 0.3 is 12.2 Å². The van der Waals surface area contributed by atoms with Crippen LogP contribution in [0.4, 0.5) is 9.59 Å². The van der Waals surface area contributed by atoms with Gasteiger partial charge in [-0.1, -0.05) is 61.8 Å². The van der Waals surface area contributed by atoms with Gasteiger partial charge in [-0.15, -0.1) is 0 Å². The molecule has 13 atom stereocenters. The van der Waals surface area contributed by atoms with Crippen LogP contribution in [0.1, 0.15) is 61.9 Å². The zero-order valence-electron chi connectivity index (χ0n) is 58.4. The van der Waals surface area contributed by atoms with Crippen molar-refractivity contribution in [2.75, 3.05) is 72.9 Å². The molecular formula is C68H89N11O26S2. The van der Waals surface area contributed by atoms with Gasteiger partial charge in [0.2, 0.25) is 40.4 Å². The molecule has 0 spiro atoms. The van der Waals surface area contributed by atoms with Crippen LogP contribution in [0.2, 0.25) is 0 Å². The first-order valence-corrected chi connectivity index (χ1v) is 36.1. The van der Waals surface area contributed by atoms with E-state index in [1.165, 1.54) is 42.5 Å². The van der Waals surface area contributed by atoms with Crippen LogP contribution in [0.3, 0.4) is 0 Å². The van der Waals surface area contributed by atoms with Gasteiger partial charge in [0.25, 0.3) is 17.1 Å². The summed E-state index contributed by atoms with van der Waals surface area (Å²) in [6.45, 7) is 5.49. The molecule has 3 aromatic carbocycles. The highest BCUT2D eigenvalue weighted by molar-refractivity contribution is 8.15. The van der Waals surface area contributed by atoms with E-state index in [2.05, 4.69) is 39.7 Å². The Morgan fingerprint density at radius 2 is 1.42 bits per heavy atom. The van der Waals surface area contributed by atoms with Crippen LogP contribution in [-0.4, -0.2) is 289 Å². The first-order chi connectivity index (χ1) is 50.9. The predicted octanol–water partition coefficient (Wildman–Crippen LogP) is -0.535. The number of rotatable bonds is 28. The number of amides is 8. The summed E-state index contributed by atoms with van der Waals surface area (Å²) in [6.07, 6.45) is -11.1. The van der Waals surface area contributed by atoms with E-state index in [9.17, 15) is 88.1 Å². The molecule has 16 N–H and O–H groups in total. The van der Waals surface area contributed by atoms with Crippen LogP contribution in [0.25, 0.3) is 26.8 Å². The summed E-state index contributed by atoms with van der Waals surface area (Å²) in [7, 11) is 1.64. The van der Waals surface area contributed by atoms with Crippen LogP contribution in [-0.2, 0) is 49.4 Å². The lowest BCUT2D eigenvalue weighted by atomic mass is 9.98. The third kappa shape index (κ3) is 22.1. The van der Waals surface area contributed by atoms with E-state index in [1.807, 2.05) is 24.3 Å².